The minimum atomic E-state index is 0.353. The molecule has 0 fully saturated rings. The maximum Gasteiger partial charge on any atom is 0.152 e. The van der Waals surface area contributed by atoms with E-state index in [-0.39, 0.29) is 0 Å². The first-order chi connectivity index (χ1) is 10.7. The number of imidazole rings is 1. The quantitative estimate of drug-likeness (QED) is 0.737. The van der Waals surface area contributed by atoms with Crippen LogP contribution in [0.25, 0.3) is 10.9 Å². The first-order valence-electron chi connectivity index (χ1n) is 7.41. The van der Waals surface area contributed by atoms with Crippen LogP contribution in [0.1, 0.15) is 23.6 Å². The molecule has 0 radical (unpaired) electrons. The minimum Gasteiger partial charge on any atom is -0.365 e. The molecule has 22 heavy (non-hydrogen) atoms. The zero-order valence-electron chi connectivity index (χ0n) is 12.2. The van der Waals surface area contributed by atoms with Crippen LogP contribution in [0.5, 0.6) is 0 Å². The van der Waals surface area contributed by atoms with E-state index >= 15 is 0 Å². The highest BCUT2D eigenvalue weighted by Crippen LogP contribution is 2.28. The van der Waals surface area contributed by atoms with Crippen molar-refractivity contribution in [3.63, 3.8) is 0 Å². The summed E-state index contributed by atoms with van der Waals surface area (Å²) in [5.41, 5.74) is 3.36. The Kier molecular flexibility index (Phi) is 3.33. The van der Waals surface area contributed by atoms with Crippen molar-refractivity contribution in [3.05, 3.63) is 46.2 Å². The van der Waals surface area contributed by atoms with Gasteiger partial charge in [-0.25, -0.2) is 9.97 Å². The van der Waals surface area contributed by atoms with Gasteiger partial charge in [0.1, 0.15) is 11.3 Å². The van der Waals surface area contributed by atoms with E-state index < -0.39 is 0 Å². The smallest absolute Gasteiger partial charge is 0.152 e. The number of halogens is 1. The van der Waals surface area contributed by atoms with Crippen molar-refractivity contribution in [2.75, 3.05) is 5.32 Å². The first kappa shape index (κ1) is 13.7. The number of H-pyrrole nitrogens is 1. The molecule has 0 amide bonds. The monoisotopic (exact) mass is 357 g/mol. The molecule has 4 rings (SSSR count). The van der Waals surface area contributed by atoms with Crippen LogP contribution in [0.3, 0.4) is 0 Å². The van der Waals surface area contributed by atoms with Gasteiger partial charge in [-0.05, 0) is 47.8 Å². The van der Waals surface area contributed by atoms with Crippen LogP contribution in [0.4, 0.5) is 5.82 Å². The number of aromatic nitrogens is 4. The Morgan fingerprint density at radius 3 is 3.18 bits per heavy atom. The molecule has 0 aromatic carbocycles. The van der Waals surface area contributed by atoms with Crippen LogP contribution in [-0.2, 0) is 12.8 Å². The van der Waals surface area contributed by atoms with Crippen molar-refractivity contribution in [1.29, 1.82) is 0 Å². The number of aromatic amines is 1. The fourth-order valence-corrected chi connectivity index (χ4v) is 3.51. The highest BCUT2D eigenvalue weighted by Gasteiger charge is 2.22. The molecule has 1 atom stereocenters. The Morgan fingerprint density at radius 2 is 2.27 bits per heavy atom. The van der Waals surface area contributed by atoms with E-state index in [1.165, 1.54) is 11.4 Å². The molecule has 0 spiro atoms. The molecule has 0 bridgehead atoms. The number of pyridine rings is 2. The third-order valence-electron chi connectivity index (χ3n) is 4.10. The summed E-state index contributed by atoms with van der Waals surface area (Å²) in [6.45, 7) is 2.01. The minimum absolute atomic E-state index is 0.353. The summed E-state index contributed by atoms with van der Waals surface area (Å²) < 4.78 is 0.969. The maximum atomic E-state index is 4.54. The van der Waals surface area contributed by atoms with Gasteiger partial charge in [-0.2, -0.15) is 0 Å². The summed E-state index contributed by atoms with van der Waals surface area (Å²) in [6.07, 6.45) is 6.64. The zero-order valence-corrected chi connectivity index (χ0v) is 13.8. The lowest BCUT2D eigenvalue weighted by atomic mass is 9.96. The predicted molar refractivity (Wildman–Crippen MR) is 90.0 cm³/mol. The zero-order chi connectivity index (χ0) is 15.1. The topological polar surface area (TPSA) is 66.5 Å². The highest BCUT2D eigenvalue weighted by molar-refractivity contribution is 9.10. The fraction of sp³-hybridized carbons (Fsp3) is 0.312. The van der Waals surface area contributed by atoms with Crippen molar-refractivity contribution in [3.8, 4) is 0 Å². The molecule has 1 aliphatic carbocycles. The molecule has 0 saturated heterocycles. The SMILES string of the molecule is Cc1nc2c([nH]1)CC(Nc1ncc(Br)c3cccnc13)CC2. The average molecular weight is 358 g/mol. The van der Waals surface area contributed by atoms with E-state index in [1.807, 2.05) is 19.2 Å². The molecule has 5 nitrogen and oxygen atoms in total. The second kappa shape index (κ2) is 5.35. The summed E-state index contributed by atoms with van der Waals surface area (Å²) >= 11 is 3.54. The van der Waals surface area contributed by atoms with Gasteiger partial charge in [0.25, 0.3) is 0 Å². The van der Waals surface area contributed by atoms with Gasteiger partial charge in [0, 0.05) is 40.4 Å². The standard InChI is InChI=1S/C16H16BrN5/c1-9-20-13-5-4-10(7-14(13)21-9)22-16-15-11(3-2-6-18-15)12(17)8-19-16/h2-3,6,8,10H,4-5,7H2,1H3,(H,19,22)(H,20,21). The molecule has 3 aromatic heterocycles. The molecule has 1 unspecified atom stereocenters. The van der Waals surface area contributed by atoms with Crippen LogP contribution >= 0.6 is 15.9 Å². The Balaban J connectivity index is 1.64. The number of aryl methyl sites for hydroxylation is 2. The van der Waals surface area contributed by atoms with Gasteiger partial charge in [0.2, 0.25) is 0 Å². The van der Waals surface area contributed by atoms with Gasteiger partial charge in [-0.15, -0.1) is 0 Å². The van der Waals surface area contributed by atoms with Crippen molar-refractivity contribution in [2.45, 2.75) is 32.2 Å². The van der Waals surface area contributed by atoms with E-state index in [0.29, 0.717) is 6.04 Å². The van der Waals surface area contributed by atoms with Gasteiger partial charge in [-0.3, -0.25) is 4.98 Å². The number of hydrogen-bond donors (Lipinski definition) is 2. The Labute approximate surface area is 136 Å². The van der Waals surface area contributed by atoms with E-state index in [1.54, 1.807) is 6.20 Å². The lowest BCUT2D eigenvalue weighted by Crippen LogP contribution is -2.28. The summed E-state index contributed by atoms with van der Waals surface area (Å²) in [7, 11) is 0. The lowest BCUT2D eigenvalue weighted by molar-refractivity contribution is 0.596. The Bertz CT molecular complexity index is 842. The van der Waals surface area contributed by atoms with Crippen molar-refractivity contribution in [2.24, 2.45) is 0 Å². The van der Waals surface area contributed by atoms with E-state index in [4.69, 9.17) is 0 Å². The fourth-order valence-electron chi connectivity index (χ4n) is 3.08. The molecule has 3 aromatic rings. The largest absolute Gasteiger partial charge is 0.365 e. The molecule has 6 heteroatoms. The van der Waals surface area contributed by atoms with Crippen LogP contribution in [-0.4, -0.2) is 26.0 Å². The number of rotatable bonds is 2. The van der Waals surface area contributed by atoms with Crippen LogP contribution in [0.15, 0.2) is 29.0 Å². The number of anilines is 1. The van der Waals surface area contributed by atoms with Crippen molar-refractivity contribution in [1.82, 2.24) is 19.9 Å². The molecule has 112 valence electrons. The second-order valence-electron chi connectivity index (χ2n) is 5.69. The third kappa shape index (κ3) is 2.37. The molecule has 1 aliphatic rings. The average Bonchev–Trinajstić information content (AvgIpc) is 2.90. The van der Waals surface area contributed by atoms with E-state index in [2.05, 4.69) is 47.2 Å². The summed E-state index contributed by atoms with van der Waals surface area (Å²) in [5, 5.41) is 4.64. The maximum absolute atomic E-state index is 4.54. The summed E-state index contributed by atoms with van der Waals surface area (Å²) in [4.78, 5) is 16.9. The van der Waals surface area contributed by atoms with E-state index in [0.717, 1.165) is 46.3 Å². The molecular formula is C16H16BrN5. The number of fused-ring (bicyclic) bond motifs is 2. The highest BCUT2D eigenvalue weighted by atomic mass is 79.9. The summed E-state index contributed by atoms with van der Waals surface area (Å²) in [6, 6.07) is 4.35. The third-order valence-corrected chi connectivity index (χ3v) is 4.73. The predicted octanol–water partition coefficient (Wildman–Crippen LogP) is 3.39. The number of nitrogens with zero attached hydrogens (tertiary/aromatic N) is 3. The van der Waals surface area contributed by atoms with Gasteiger partial charge >= 0.3 is 0 Å². The number of hydrogen-bond acceptors (Lipinski definition) is 4. The van der Waals surface area contributed by atoms with Crippen LogP contribution in [0.2, 0.25) is 0 Å². The molecule has 0 aliphatic heterocycles. The molecular weight excluding hydrogens is 342 g/mol. The summed E-state index contributed by atoms with van der Waals surface area (Å²) in [5.74, 6) is 1.85. The molecule has 3 heterocycles. The van der Waals surface area contributed by atoms with Crippen LogP contribution < -0.4 is 5.32 Å². The van der Waals surface area contributed by atoms with Gasteiger partial charge < -0.3 is 10.3 Å². The Morgan fingerprint density at radius 1 is 1.36 bits per heavy atom. The normalized spacial score (nSPS) is 17.5. The number of nitrogens with one attached hydrogen (secondary N) is 2. The Hall–Kier alpha value is -1.95. The second-order valence-corrected chi connectivity index (χ2v) is 6.54. The molecule has 2 N–H and O–H groups in total. The lowest BCUT2D eigenvalue weighted by Gasteiger charge is -2.23. The van der Waals surface area contributed by atoms with Crippen LogP contribution in [0, 0.1) is 6.92 Å². The first-order valence-corrected chi connectivity index (χ1v) is 8.20. The molecule has 0 saturated carbocycles. The van der Waals surface area contributed by atoms with Gasteiger partial charge in [-0.1, -0.05) is 0 Å². The van der Waals surface area contributed by atoms with Crippen molar-refractivity contribution >= 4 is 32.7 Å². The van der Waals surface area contributed by atoms with E-state index in [9.17, 15) is 0 Å². The van der Waals surface area contributed by atoms with Gasteiger partial charge in [0.05, 0.1) is 5.69 Å². The van der Waals surface area contributed by atoms with Gasteiger partial charge in [0.15, 0.2) is 5.82 Å². The van der Waals surface area contributed by atoms with Crippen molar-refractivity contribution < 1.29 is 0 Å².